The lowest BCUT2D eigenvalue weighted by Gasteiger charge is -2.31. The van der Waals surface area contributed by atoms with Crippen LogP contribution in [0.3, 0.4) is 0 Å². The molecule has 1 N–H and O–H groups in total. The van der Waals surface area contributed by atoms with Crippen molar-refractivity contribution in [2.75, 3.05) is 25.5 Å². The first-order valence-corrected chi connectivity index (χ1v) is 9.88. The van der Waals surface area contributed by atoms with Gasteiger partial charge < -0.3 is 10.1 Å². The van der Waals surface area contributed by atoms with Crippen LogP contribution < -0.4 is 5.32 Å². The molecule has 6 nitrogen and oxygen atoms in total. The Morgan fingerprint density at radius 2 is 2.04 bits per heavy atom. The number of amides is 1. The summed E-state index contributed by atoms with van der Waals surface area (Å²) in [6.07, 6.45) is 2.56. The molecular formula is C19H26N4O2S. The Labute approximate surface area is 158 Å². The van der Waals surface area contributed by atoms with Crippen LogP contribution in [0, 0.1) is 5.92 Å². The third-order valence-electron chi connectivity index (χ3n) is 4.82. The molecule has 2 aromatic rings. The SMILES string of the molecule is COC(C)c1nnc(NC(=O)CC2CCN(Cc3ccccc3)CC2)s1. The van der Waals surface area contributed by atoms with Crippen LogP contribution in [0.25, 0.3) is 0 Å². The second kappa shape index (κ2) is 9.21. The van der Waals surface area contributed by atoms with E-state index < -0.39 is 0 Å². The smallest absolute Gasteiger partial charge is 0.226 e. The molecule has 0 radical (unpaired) electrons. The molecule has 0 saturated carbocycles. The molecule has 1 aromatic carbocycles. The van der Waals surface area contributed by atoms with E-state index in [1.165, 1.54) is 16.9 Å². The zero-order valence-electron chi connectivity index (χ0n) is 15.4. The van der Waals surface area contributed by atoms with Gasteiger partial charge in [-0.25, -0.2) is 0 Å². The molecule has 1 aliphatic rings. The van der Waals surface area contributed by atoms with E-state index in [1.54, 1.807) is 7.11 Å². The van der Waals surface area contributed by atoms with E-state index in [9.17, 15) is 4.79 Å². The van der Waals surface area contributed by atoms with Gasteiger partial charge in [0.15, 0.2) is 0 Å². The number of hydrogen-bond acceptors (Lipinski definition) is 6. The number of ether oxygens (including phenoxy) is 1. The van der Waals surface area contributed by atoms with Crippen molar-refractivity contribution in [3.05, 3.63) is 40.9 Å². The molecule has 0 spiro atoms. The van der Waals surface area contributed by atoms with Gasteiger partial charge in [-0.15, -0.1) is 10.2 Å². The number of benzene rings is 1. The topological polar surface area (TPSA) is 67.4 Å². The molecule has 1 atom stereocenters. The van der Waals surface area contributed by atoms with Gasteiger partial charge in [0.2, 0.25) is 11.0 Å². The molecule has 2 heterocycles. The second-order valence-electron chi connectivity index (χ2n) is 6.78. The van der Waals surface area contributed by atoms with Crippen molar-refractivity contribution >= 4 is 22.4 Å². The Kier molecular flexibility index (Phi) is 6.71. The van der Waals surface area contributed by atoms with Crippen molar-refractivity contribution in [3.8, 4) is 0 Å². The number of piperidine rings is 1. The van der Waals surface area contributed by atoms with Crippen molar-refractivity contribution in [1.29, 1.82) is 0 Å². The predicted molar refractivity (Wildman–Crippen MR) is 103 cm³/mol. The van der Waals surface area contributed by atoms with Crippen LogP contribution in [0.5, 0.6) is 0 Å². The molecule has 0 bridgehead atoms. The number of nitrogens with zero attached hydrogens (tertiary/aromatic N) is 3. The summed E-state index contributed by atoms with van der Waals surface area (Å²) in [5.41, 5.74) is 1.35. The quantitative estimate of drug-likeness (QED) is 0.803. The summed E-state index contributed by atoms with van der Waals surface area (Å²) in [6.45, 7) is 4.99. The molecule has 1 amide bonds. The minimum Gasteiger partial charge on any atom is -0.374 e. The van der Waals surface area contributed by atoms with Crippen LogP contribution in [0.15, 0.2) is 30.3 Å². The number of carbonyl (C=O) groups excluding carboxylic acids is 1. The Balaban J connectivity index is 1.41. The van der Waals surface area contributed by atoms with E-state index in [-0.39, 0.29) is 12.0 Å². The Morgan fingerprint density at radius 1 is 1.31 bits per heavy atom. The number of aromatic nitrogens is 2. The summed E-state index contributed by atoms with van der Waals surface area (Å²) in [5, 5.41) is 12.3. The summed E-state index contributed by atoms with van der Waals surface area (Å²) in [5.74, 6) is 0.464. The maximum atomic E-state index is 12.3. The van der Waals surface area contributed by atoms with Crippen LogP contribution in [0.2, 0.25) is 0 Å². The lowest BCUT2D eigenvalue weighted by atomic mass is 9.93. The number of carbonyl (C=O) groups is 1. The molecule has 1 aromatic heterocycles. The van der Waals surface area contributed by atoms with Gasteiger partial charge in [-0.3, -0.25) is 9.69 Å². The largest absolute Gasteiger partial charge is 0.374 e. The van der Waals surface area contributed by atoms with Gasteiger partial charge in [-0.05, 0) is 44.3 Å². The minimum absolute atomic E-state index is 0.0271. The zero-order chi connectivity index (χ0) is 18.4. The molecule has 7 heteroatoms. The number of likely N-dealkylation sites (tertiary alicyclic amines) is 1. The van der Waals surface area contributed by atoms with Gasteiger partial charge in [-0.2, -0.15) is 0 Å². The van der Waals surface area contributed by atoms with Crippen molar-refractivity contribution in [3.63, 3.8) is 0 Å². The Bertz CT molecular complexity index is 699. The maximum Gasteiger partial charge on any atom is 0.226 e. The van der Waals surface area contributed by atoms with Gasteiger partial charge in [0.25, 0.3) is 0 Å². The fourth-order valence-electron chi connectivity index (χ4n) is 3.17. The van der Waals surface area contributed by atoms with E-state index in [0.29, 0.717) is 17.5 Å². The lowest BCUT2D eigenvalue weighted by molar-refractivity contribution is -0.117. The van der Waals surface area contributed by atoms with Crippen molar-refractivity contribution in [1.82, 2.24) is 15.1 Å². The van der Waals surface area contributed by atoms with Gasteiger partial charge >= 0.3 is 0 Å². The molecular weight excluding hydrogens is 348 g/mol. The summed E-state index contributed by atoms with van der Waals surface area (Å²) in [6, 6.07) is 10.5. The lowest BCUT2D eigenvalue weighted by Crippen LogP contribution is -2.34. The van der Waals surface area contributed by atoms with Crippen LogP contribution in [0.1, 0.15) is 42.9 Å². The van der Waals surface area contributed by atoms with E-state index in [2.05, 4.69) is 44.7 Å². The fraction of sp³-hybridized carbons (Fsp3) is 0.526. The number of nitrogens with one attached hydrogen (secondary N) is 1. The third-order valence-corrected chi connectivity index (χ3v) is 5.82. The van der Waals surface area contributed by atoms with E-state index in [1.807, 2.05) is 13.0 Å². The first-order chi connectivity index (χ1) is 12.6. The third kappa shape index (κ3) is 5.33. The van der Waals surface area contributed by atoms with Crippen LogP contribution >= 0.6 is 11.3 Å². The molecule has 1 aliphatic heterocycles. The van der Waals surface area contributed by atoms with Gasteiger partial charge in [0.1, 0.15) is 11.1 Å². The van der Waals surface area contributed by atoms with Crippen molar-refractivity contribution in [2.24, 2.45) is 5.92 Å². The first kappa shape index (κ1) is 18.9. The number of hydrogen-bond donors (Lipinski definition) is 1. The highest BCUT2D eigenvalue weighted by atomic mass is 32.1. The Hall–Kier alpha value is -1.83. The number of rotatable bonds is 7. The second-order valence-corrected chi connectivity index (χ2v) is 7.79. The average Bonchev–Trinajstić information content (AvgIpc) is 3.12. The van der Waals surface area contributed by atoms with E-state index in [4.69, 9.17) is 4.74 Å². The highest BCUT2D eigenvalue weighted by molar-refractivity contribution is 7.15. The van der Waals surface area contributed by atoms with Gasteiger partial charge in [0, 0.05) is 20.1 Å². The predicted octanol–water partition coefficient (Wildman–Crippen LogP) is 3.49. The maximum absolute atomic E-state index is 12.3. The summed E-state index contributed by atoms with van der Waals surface area (Å²) < 4.78 is 5.22. The van der Waals surface area contributed by atoms with Crippen LogP contribution in [-0.4, -0.2) is 41.2 Å². The number of anilines is 1. The molecule has 26 heavy (non-hydrogen) atoms. The standard InChI is InChI=1S/C19H26N4O2S/c1-14(25-2)18-21-22-19(26-18)20-17(24)12-15-8-10-23(11-9-15)13-16-6-4-3-5-7-16/h3-7,14-15H,8-13H2,1-2H3,(H,20,22,24). The fourth-order valence-corrected chi connectivity index (χ4v) is 3.96. The molecule has 1 saturated heterocycles. The minimum atomic E-state index is -0.105. The molecule has 0 aliphatic carbocycles. The van der Waals surface area contributed by atoms with Crippen molar-refractivity contribution < 1.29 is 9.53 Å². The van der Waals surface area contributed by atoms with E-state index >= 15 is 0 Å². The van der Waals surface area contributed by atoms with Crippen LogP contribution in [-0.2, 0) is 16.1 Å². The van der Waals surface area contributed by atoms with E-state index in [0.717, 1.165) is 37.5 Å². The Morgan fingerprint density at radius 3 is 2.73 bits per heavy atom. The monoisotopic (exact) mass is 374 g/mol. The first-order valence-electron chi connectivity index (χ1n) is 9.06. The summed E-state index contributed by atoms with van der Waals surface area (Å²) in [4.78, 5) is 14.7. The molecule has 140 valence electrons. The van der Waals surface area contributed by atoms with Gasteiger partial charge in [0.05, 0.1) is 0 Å². The average molecular weight is 375 g/mol. The number of methoxy groups -OCH3 is 1. The highest BCUT2D eigenvalue weighted by Gasteiger charge is 2.22. The summed E-state index contributed by atoms with van der Waals surface area (Å²) in [7, 11) is 1.63. The highest BCUT2D eigenvalue weighted by Crippen LogP contribution is 2.25. The zero-order valence-corrected chi connectivity index (χ0v) is 16.2. The van der Waals surface area contributed by atoms with Crippen LogP contribution in [0.4, 0.5) is 5.13 Å². The van der Waals surface area contributed by atoms with Crippen molar-refractivity contribution in [2.45, 2.75) is 38.8 Å². The summed E-state index contributed by atoms with van der Waals surface area (Å²) >= 11 is 1.37. The normalized spacial score (nSPS) is 17.2. The molecule has 1 unspecified atom stereocenters. The molecule has 3 rings (SSSR count). The van der Waals surface area contributed by atoms with Gasteiger partial charge in [-0.1, -0.05) is 41.7 Å². The molecule has 1 fully saturated rings.